The normalized spacial score (nSPS) is 11.9. The lowest BCUT2D eigenvalue weighted by atomic mass is 10.1. The summed E-state index contributed by atoms with van der Waals surface area (Å²) >= 11 is 0. The van der Waals surface area contributed by atoms with Crippen LogP contribution >= 0.6 is 0 Å². The topological polar surface area (TPSA) is 91.7 Å². The molecule has 1 aromatic rings. The highest BCUT2D eigenvalue weighted by molar-refractivity contribution is 5.72. The molecule has 0 aliphatic carbocycles. The van der Waals surface area contributed by atoms with Gasteiger partial charge in [0.25, 0.3) is 0 Å². The molecule has 0 bridgehead atoms. The van der Waals surface area contributed by atoms with Crippen molar-refractivity contribution in [2.24, 2.45) is 0 Å². The van der Waals surface area contributed by atoms with Crippen LogP contribution in [0.25, 0.3) is 0 Å². The van der Waals surface area contributed by atoms with Crippen LogP contribution in [0.5, 0.6) is 0 Å². The molecular weight excluding hydrogens is 490 g/mol. The van der Waals surface area contributed by atoms with Gasteiger partial charge in [0.2, 0.25) is 10.9 Å². The van der Waals surface area contributed by atoms with Gasteiger partial charge >= 0.3 is 0 Å². The average Bonchev–Trinajstić information content (AvgIpc) is 2.95. The maximum absolute atomic E-state index is 11.6. The first-order valence-electron chi connectivity index (χ1n) is 16.0. The molecule has 1 aromatic carbocycles. The molecule has 228 valence electrons. The van der Waals surface area contributed by atoms with Crippen LogP contribution in [0.4, 0.5) is 5.69 Å². The van der Waals surface area contributed by atoms with Crippen molar-refractivity contribution in [2.75, 3.05) is 44.7 Å². The first-order valence-corrected chi connectivity index (χ1v) is 16.0. The molecule has 0 radical (unpaired) electrons. The van der Waals surface area contributed by atoms with Crippen LogP contribution in [-0.2, 0) is 9.47 Å². The quantitative estimate of drug-likeness (QED) is 0.0576. The third-order valence-corrected chi connectivity index (χ3v) is 7.12. The standard InChI is InChI=1S/C30H55N3O4.C2H6/c1-5-25(3)37-27(31)19-14-10-9-12-16-22-33(21-15-11-7-8-13-17-24-36-6-2)23-18-20-32-28-26(4)29(34)30(28)35;1-2/h25,31-32H,5-24H2,1-4H3;1-2H3. The molecule has 0 amide bonds. The van der Waals surface area contributed by atoms with E-state index in [9.17, 15) is 9.59 Å². The molecule has 1 unspecified atom stereocenters. The van der Waals surface area contributed by atoms with Crippen molar-refractivity contribution < 1.29 is 9.47 Å². The van der Waals surface area contributed by atoms with Gasteiger partial charge in [-0.15, -0.1) is 0 Å². The van der Waals surface area contributed by atoms with Gasteiger partial charge in [0.15, 0.2) is 5.90 Å². The van der Waals surface area contributed by atoms with Gasteiger partial charge in [0, 0.05) is 31.7 Å². The highest BCUT2D eigenvalue weighted by Crippen LogP contribution is 2.11. The Morgan fingerprint density at radius 1 is 0.821 bits per heavy atom. The van der Waals surface area contributed by atoms with Gasteiger partial charge in [-0.1, -0.05) is 65.7 Å². The van der Waals surface area contributed by atoms with E-state index in [0.29, 0.717) is 17.1 Å². The minimum absolute atomic E-state index is 0.145. The molecule has 1 rings (SSSR count). The van der Waals surface area contributed by atoms with E-state index < -0.39 is 0 Å². The van der Waals surface area contributed by atoms with E-state index in [1.807, 2.05) is 27.7 Å². The molecular formula is C32H61N3O4. The van der Waals surface area contributed by atoms with Gasteiger partial charge in [-0.2, -0.15) is 0 Å². The van der Waals surface area contributed by atoms with Crippen LogP contribution in [0.15, 0.2) is 9.59 Å². The number of nitrogens with one attached hydrogen (secondary N) is 2. The Morgan fingerprint density at radius 2 is 1.36 bits per heavy atom. The van der Waals surface area contributed by atoms with Gasteiger partial charge in [-0.3, -0.25) is 15.0 Å². The smallest absolute Gasteiger partial charge is 0.249 e. The molecule has 7 heteroatoms. The summed E-state index contributed by atoms with van der Waals surface area (Å²) in [7, 11) is 0. The lowest BCUT2D eigenvalue weighted by molar-refractivity contribution is 0.143. The van der Waals surface area contributed by atoms with Gasteiger partial charge < -0.3 is 19.7 Å². The minimum Gasteiger partial charge on any atom is -0.478 e. The summed E-state index contributed by atoms with van der Waals surface area (Å²) in [4.78, 5) is 25.6. The number of ether oxygens (including phenoxy) is 2. The Bertz CT molecular complexity index is 789. The predicted octanol–water partition coefficient (Wildman–Crippen LogP) is 7.23. The zero-order valence-electron chi connectivity index (χ0n) is 26.3. The van der Waals surface area contributed by atoms with Gasteiger partial charge in [0.05, 0.1) is 11.8 Å². The maximum atomic E-state index is 11.6. The summed E-state index contributed by atoms with van der Waals surface area (Å²) < 4.78 is 11.0. The van der Waals surface area contributed by atoms with Gasteiger partial charge in [-0.05, 0) is 78.9 Å². The van der Waals surface area contributed by atoms with E-state index in [2.05, 4.69) is 17.1 Å². The number of anilines is 1. The molecule has 0 saturated carbocycles. The van der Waals surface area contributed by atoms with Gasteiger partial charge in [-0.25, -0.2) is 0 Å². The highest BCUT2D eigenvalue weighted by Gasteiger charge is 2.15. The third kappa shape index (κ3) is 18.3. The second-order valence-corrected chi connectivity index (χ2v) is 10.4. The van der Waals surface area contributed by atoms with Crippen LogP contribution in [0.1, 0.15) is 130 Å². The second-order valence-electron chi connectivity index (χ2n) is 10.4. The fourth-order valence-corrected chi connectivity index (χ4v) is 4.50. The minimum atomic E-state index is -0.364. The molecule has 0 aliphatic rings. The van der Waals surface area contributed by atoms with E-state index in [-0.39, 0.29) is 17.0 Å². The monoisotopic (exact) mass is 551 g/mol. The number of hydrogen-bond acceptors (Lipinski definition) is 7. The lowest BCUT2D eigenvalue weighted by Gasteiger charge is -2.23. The van der Waals surface area contributed by atoms with E-state index >= 15 is 0 Å². The zero-order chi connectivity index (χ0) is 29.3. The molecule has 0 spiro atoms. The molecule has 1 atom stereocenters. The molecule has 7 nitrogen and oxygen atoms in total. The van der Waals surface area contributed by atoms with E-state index in [0.717, 1.165) is 71.5 Å². The largest absolute Gasteiger partial charge is 0.478 e. The number of rotatable bonds is 25. The van der Waals surface area contributed by atoms with Gasteiger partial charge in [0.1, 0.15) is 0 Å². The summed E-state index contributed by atoms with van der Waals surface area (Å²) in [6.07, 6.45) is 16.1. The molecule has 0 heterocycles. The SMILES string of the molecule is CC.CCOCCCCCCCCN(CCCCCCCC(=N)OC(C)CC)CCCNc1c(C)c(=O)c1=O. The Hall–Kier alpha value is -1.73. The zero-order valence-corrected chi connectivity index (χ0v) is 26.3. The van der Waals surface area contributed by atoms with E-state index in [1.165, 1.54) is 57.8 Å². The van der Waals surface area contributed by atoms with Crippen molar-refractivity contribution in [1.29, 1.82) is 5.41 Å². The maximum Gasteiger partial charge on any atom is 0.249 e. The van der Waals surface area contributed by atoms with Crippen LogP contribution < -0.4 is 16.2 Å². The van der Waals surface area contributed by atoms with Crippen molar-refractivity contribution in [2.45, 2.75) is 138 Å². The van der Waals surface area contributed by atoms with Crippen LogP contribution in [-0.4, -0.2) is 56.3 Å². The fraction of sp³-hybridized carbons (Fsp3) is 0.844. The highest BCUT2D eigenvalue weighted by atomic mass is 16.5. The Balaban J connectivity index is 0.00000704. The summed E-state index contributed by atoms with van der Waals surface area (Å²) in [5.41, 5.74) is 0.382. The number of unbranched alkanes of at least 4 members (excludes halogenated alkanes) is 9. The van der Waals surface area contributed by atoms with Crippen molar-refractivity contribution in [3.05, 3.63) is 26.0 Å². The average molecular weight is 552 g/mol. The summed E-state index contributed by atoms with van der Waals surface area (Å²) in [5, 5.41) is 11.1. The first-order chi connectivity index (χ1) is 18.9. The van der Waals surface area contributed by atoms with Crippen molar-refractivity contribution in [3.8, 4) is 0 Å². The summed E-state index contributed by atoms with van der Waals surface area (Å²) in [5.74, 6) is 0.433. The predicted molar refractivity (Wildman–Crippen MR) is 167 cm³/mol. The van der Waals surface area contributed by atoms with Crippen LogP contribution in [0.3, 0.4) is 0 Å². The fourth-order valence-electron chi connectivity index (χ4n) is 4.50. The first kappa shape index (κ1) is 37.3. The molecule has 2 N–H and O–H groups in total. The Morgan fingerprint density at radius 3 is 1.92 bits per heavy atom. The van der Waals surface area contributed by atoms with Crippen molar-refractivity contribution >= 4 is 11.6 Å². The van der Waals surface area contributed by atoms with Crippen LogP contribution in [0.2, 0.25) is 0 Å². The Kier molecular flexibility index (Phi) is 24.1. The van der Waals surface area contributed by atoms with E-state index in [4.69, 9.17) is 14.9 Å². The lowest BCUT2D eigenvalue weighted by Crippen LogP contribution is -2.37. The molecule has 0 aliphatic heterocycles. The Labute approximate surface area is 239 Å². The second kappa shape index (κ2) is 25.3. The van der Waals surface area contributed by atoms with Crippen molar-refractivity contribution in [3.63, 3.8) is 0 Å². The third-order valence-electron chi connectivity index (χ3n) is 7.12. The van der Waals surface area contributed by atoms with Crippen LogP contribution in [0, 0.1) is 12.3 Å². The molecule has 0 saturated heterocycles. The number of nitrogens with zero attached hydrogens (tertiary/aromatic N) is 1. The molecule has 39 heavy (non-hydrogen) atoms. The molecule has 0 aromatic heterocycles. The molecule has 0 fully saturated rings. The summed E-state index contributed by atoms with van der Waals surface area (Å²) in [6.45, 7) is 17.6. The van der Waals surface area contributed by atoms with E-state index in [1.54, 1.807) is 6.92 Å². The van der Waals surface area contributed by atoms with Crippen molar-refractivity contribution in [1.82, 2.24) is 4.90 Å². The summed E-state index contributed by atoms with van der Waals surface area (Å²) in [6, 6.07) is 0. The number of hydrogen-bond donors (Lipinski definition) is 2.